The number of aromatic nitrogens is 2. The van der Waals surface area contributed by atoms with Crippen LogP contribution in [0.25, 0.3) is 16.8 Å². The van der Waals surface area contributed by atoms with Gasteiger partial charge in [-0.25, -0.2) is 9.97 Å². The predicted octanol–water partition coefficient (Wildman–Crippen LogP) is 5.04. The first-order valence-corrected chi connectivity index (χ1v) is 9.70. The fourth-order valence-corrected chi connectivity index (χ4v) is 3.97. The van der Waals surface area contributed by atoms with Gasteiger partial charge in [0.05, 0.1) is 29.7 Å². The number of aryl methyl sites for hydroxylation is 1. The zero-order chi connectivity index (χ0) is 17.5. The van der Waals surface area contributed by atoms with E-state index in [0.29, 0.717) is 0 Å². The fraction of sp³-hybridized carbons (Fsp3) is 0.444. The van der Waals surface area contributed by atoms with E-state index < -0.39 is 0 Å². The van der Waals surface area contributed by atoms with E-state index in [-0.39, 0.29) is 12.0 Å². The van der Waals surface area contributed by atoms with Gasteiger partial charge in [-0.1, -0.05) is 19.9 Å². The van der Waals surface area contributed by atoms with Crippen molar-refractivity contribution in [1.29, 1.82) is 0 Å². The van der Waals surface area contributed by atoms with Gasteiger partial charge in [0, 0.05) is 23.8 Å². The lowest BCUT2D eigenvalue weighted by molar-refractivity contribution is 0.0846. The molecule has 0 amide bonds. The minimum absolute atomic E-state index is 0.0627. The lowest BCUT2D eigenvalue weighted by Gasteiger charge is -2.21. The van der Waals surface area contributed by atoms with Crippen molar-refractivity contribution in [2.45, 2.75) is 33.3 Å². The molecule has 24 heavy (non-hydrogen) atoms. The van der Waals surface area contributed by atoms with E-state index >= 15 is 0 Å². The van der Waals surface area contributed by atoms with Crippen LogP contribution in [0.4, 0.5) is 0 Å². The first-order chi connectivity index (χ1) is 11.6. The largest absolute Gasteiger partial charge is 0.501 e. The maximum Gasteiger partial charge on any atom is 0.143 e. The molecule has 0 aliphatic heterocycles. The molecular weight excluding hydrogens is 340 g/mol. The van der Waals surface area contributed by atoms with E-state index in [1.165, 1.54) is 0 Å². The summed E-state index contributed by atoms with van der Waals surface area (Å²) in [7, 11) is 3.40. The summed E-state index contributed by atoms with van der Waals surface area (Å²) in [5, 5.41) is 6.21. The average molecular weight is 365 g/mol. The Kier molecular flexibility index (Phi) is 7.15. The Labute approximate surface area is 151 Å². The van der Waals surface area contributed by atoms with Crippen LogP contribution in [-0.2, 0) is 15.9 Å². The van der Waals surface area contributed by atoms with Crippen LogP contribution in [-0.4, -0.2) is 30.3 Å². The summed E-state index contributed by atoms with van der Waals surface area (Å²) < 4.78 is 11.0. The van der Waals surface area contributed by atoms with Gasteiger partial charge in [-0.05, 0) is 25.5 Å². The van der Waals surface area contributed by atoms with Gasteiger partial charge in [0.25, 0.3) is 0 Å². The molecular formula is C18H24N2O2S2. The second-order valence-electron chi connectivity index (χ2n) is 5.30. The molecule has 0 aromatic carbocycles. The summed E-state index contributed by atoms with van der Waals surface area (Å²) >= 11 is 3.30. The molecule has 0 bridgehead atoms. The minimum atomic E-state index is -0.0627. The zero-order valence-corrected chi connectivity index (χ0v) is 16.4. The van der Waals surface area contributed by atoms with Crippen LogP contribution in [0.15, 0.2) is 28.7 Å². The van der Waals surface area contributed by atoms with Crippen LogP contribution in [0.1, 0.15) is 31.5 Å². The van der Waals surface area contributed by atoms with Crippen LogP contribution in [0.2, 0.25) is 0 Å². The number of thiazole rings is 2. The van der Waals surface area contributed by atoms with Crippen molar-refractivity contribution in [3.63, 3.8) is 0 Å². The third kappa shape index (κ3) is 4.53. The van der Waals surface area contributed by atoms with E-state index in [9.17, 15) is 0 Å². The number of hydrogen-bond donors (Lipinski definition) is 0. The van der Waals surface area contributed by atoms with Crippen LogP contribution >= 0.6 is 22.7 Å². The number of methoxy groups -OCH3 is 2. The molecule has 0 radical (unpaired) electrons. The monoisotopic (exact) mass is 364 g/mol. The lowest BCUT2D eigenvalue weighted by Crippen LogP contribution is -2.20. The van der Waals surface area contributed by atoms with Gasteiger partial charge in [-0.3, -0.25) is 0 Å². The number of rotatable bonds is 8. The van der Waals surface area contributed by atoms with Crippen molar-refractivity contribution in [2.24, 2.45) is 5.92 Å². The molecule has 0 saturated heterocycles. The summed E-state index contributed by atoms with van der Waals surface area (Å²) in [5.41, 5.74) is 1.89. The van der Waals surface area contributed by atoms with Crippen molar-refractivity contribution in [2.75, 3.05) is 14.2 Å². The highest BCUT2D eigenvalue weighted by Gasteiger charge is 2.18. The number of hydrogen-bond acceptors (Lipinski definition) is 6. The quantitative estimate of drug-likeness (QED) is 0.615. The van der Waals surface area contributed by atoms with Crippen LogP contribution < -0.4 is 0 Å². The molecule has 2 atom stereocenters. The number of nitrogens with zero attached hydrogens (tertiary/aromatic N) is 2. The van der Waals surface area contributed by atoms with Gasteiger partial charge >= 0.3 is 0 Å². The maximum absolute atomic E-state index is 5.59. The molecule has 2 unspecified atom stereocenters. The summed E-state index contributed by atoms with van der Waals surface area (Å²) in [6.07, 6.45) is 6.90. The van der Waals surface area contributed by atoms with Crippen LogP contribution in [0, 0.1) is 5.92 Å². The summed E-state index contributed by atoms with van der Waals surface area (Å²) in [5.74, 6) is 1.06. The molecule has 0 saturated carbocycles. The van der Waals surface area contributed by atoms with E-state index in [1.54, 1.807) is 36.9 Å². The van der Waals surface area contributed by atoms with E-state index in [0.717, 1.165) is 33.6 Å². The normalized spacial score (nSPS) is 15.0. The molecule has 6 heteroatoms. The topological polar surface area (TPSA) is 44.2 Å². The molecule has 130 valence electrons. The van der Waals surface area contributed by atoms with Crippen molar-refractivity contribution in [3.8, 4) is 10.7 Å². The summed E-state index contributed by atoms with van der Waals surface area (Å²) in [6, 6.07) is 0. The first-order valence-electron chi connectivity index (χ1n) is 7.94. The molecule has 2 heterocycles. The minimum Gasteiger partial charge on any atom is -0.501 e. The Morgan fingerprint density at radius 3 is 2.62 bits per heavy atom. The Bertz CT molecular complexity index is 703. The molecule has 2 aromatic heterocycles. The van der Waals surface area contributed by atoms with E-state index in [4.69, 9.17) is 9.47 Å². The standard InChI is InChI=1S/C18H24N2O2S2/c1-6-15(21-4)12(3)16(22-5)9-8-13-10-24-18(19-13)14-11-23-17(7-2)20-14/h6,8-12,16H,7H2,1-5H3/b9-8+,15-6+. The highest BCUT2D eigenvalue weighted by Crippen LogP contribution is 2.26. The third-order valence-electron chi connectivity index (χ3n) is 3.79. The zero-order valence-electron chi connectivity index (χ0n) is 14.8. The van der Waals surface area contributed by atoms with E-state index in [2.05, 4.69) is 29.2 Å². The predicted molar refractivity (Wildman–Crippen MR) is 102 cm³/mol. The number of allylic oxidation sites excluding steroid dienone is 1. The van der Waals surface area contributed by atoms with Crippen molar-refractivity contribution in [1.82, 2.24) is 9.97 Å². The first kappa shape index (κ1) is 18.8. The van der Waals surface area contributed by atoms with Gasteiger partial charge in [0.2, 0.25) is 0 Å². The fourth-order valence-electron chi connectivity index (χ4n) is 2.42. The van der Waals surface area contributed by atoms with Gasteiger partial charge in [0.15, 0.2) is 0 Å². The Morgan fingerprint density at radius 2 is 2.04 bits per heavy atom. The SMILES string of the molecule is C/C=C(/OC)C(C)C(/C=C/c1csc(-c2csc(CC)n2)n1)OC. The van der Waals surface area contributed by atoms with E-state index in [1.807, 2.05) is 30.5 Å². The summed E-state index contributed by atoms with van der Waals surface area (Å²) in [6.45, 7) is 6.17. The Hall–Kier alpha value is -1.50. The summed E-state index contributed by atoms with van der Waals surface area (Å²) in [4.78, 5) is 9.24. The average Bonchev–Trinajstić information content (AvgIpc) is 3.25. The Morgan fingerprint density at radius 1 is 1.25 bits per heavy atom. The van der Waals surface area contributed by atoms with Gasteiger partial charge in [-0.2, -0.15) is 0 Å². The second-order valence-corrected chi connectivity index (χ2v) is 7.10. The lowest BCUT2D eigenvalue weighted by atomic mass is 10.0. The molecule has 0 fully saturated rings. The second kappa shape index (κ2) is 9.11. The van der Waals surface area contributed by atoms with Crippen molar-refractivity contribution < 1.29 is 9.47 Å². The smallest absolute Gasteiger partial charge is 0.143 e. The maximum atomic E-state index is 5.59. The Balaban J connectivity index is 2.10. The van der Waals surface area contributed by atoms with Crippen LogP contribution in [0.5, 0.6) is 0 Å². The molecule has 2 aromatic rings. The number of ether oxygens (including phenoxy) is 2. The van der Waals surface area contributed by atoms with Gasteiger partial charge in [-0.15, -0.1) is 22.7 Å². The third-order valence-corrected chi connectivity index (χ3v) is 5.66. The molecule has 2 rings (SSSR count). The molecule has 0 N–H and O–H groups in total. The van der Waals surface area contributed by atoms with Gasteiger partial charge in [0.1, 0.15) is 10.7 Å². The van der Waals surface area contributed by atoms with Gasteiger partial charge < -0.3 is 9.47 Å². The highest BCUT2D eigenvalue weighted by molar-refractivity contribution is 7.14. The molecule has 0 aliphatic rings. The van der Waals surface area contributed by atoms with Crippen molar-refractivity contribution in [3.05, 3.63) is 39.4 Å². The van der Waals surface area contributed by atoms with Crippen molar-refractivity contribution >= 4 is 28.7 Å². The molecule has 0 aliphatic carbocycles. The molecule has 0 spiro atoms. The molecule has 4 nitrogen and oxygen atoms in total. The van der Waals surface area contributed by atoms with Crippen LogP contribution in [0.3, 0.4) is 0 Å². The highest BCUT2D eigenvalue weighted by atomic mass is 32.1.